The van der Waals surface area contributed by atoms with Crippen molar-refractivity contribution in [1.82, 2.24) is 5.32 Å². The molecule has 0 saturated heterocycles. The Labute approximate surface area is 161 Å². The van der Waals surface area contributed by atoms with Gasteiger partial charge >= 0.3 is 0 Å². The van der Waals surface area contributed by atoms with Gasteiger partial charge in [-0.3, -0.25) is 4.79 Å². The predicted molar refractivity (Wildman–Crippen MR) is 107 cm³/mol. The Kier molecular flexibility index (Phi) is 5.44. The van der Waals surface area contributed by atoms with Crippen molar-refractivity contribution in [3.8, 4) is 5.75 Å². The van der Waals surface area contributed by atoms with Crippen LogP contribution in [0.25, 0.3) is 0 Å². The molecule has 142 valence electrons. The molecule has 4 rings (SSSR count). The van der Waals surface area contributed by atoms with Crippen LogP contribution in [0.2, 0.25) is 0 Å². The molecule has 1 fully saturated rings. The number of amides is 1. The summed E-state index contributed by atoms with van der Waals surface area (Å²) in [6, 6.07) is 16.5. The maximum atomic E-state index is 12.8. The third kappa shape index (κ3) is 4.16. The van der Waals surface area contributed by atoms with Gasteiger partial charge in [-0.1, -0.05) is 42.8 Å². The highest BCUT2D eigenvalue weighted by Gasteiger charge is 2.27. The molecule has 1 heterocycles. The number of benzene rings is 2. The van der Waals surface area contributed by atoms with E-state index in [2.05, 4.69) is 29.6 Å². The molecular weight excluding hydrogens is 336 g/mol. The van der Waals surface area contributed by atoms with Crippen molar-refractivity contribution in [1.29, 1.82) is 0 Å². The summed E-state index contributed by atoms with van der Waals surface area (Å²) < 4.78 is 5.74. The van der Waals surface area contributed by atoms with E-state index in [9.17, 15) is 4.79 Å². The van der Waals surface area contributed by atoms with Crippen LogP contribution in [0.15, 0.2) is 48.5 Å². The molecule has 3 N–H and O–H groups in total. The molecule has 3 atom stereocenters. The van der Waals surface area contributed by atoms with Crippen LogP contribution >= 0.6 is 0 Å². The number of aryl methyl sites for hydroxylation is 1. The zero-order chi connectivity index (χ0) is 18.6. The van der Waals surface area contributed by atoms with Gasteiger partial charge in [0.25, 0.3) is 0 Å². The summed E-state index contributed by atoms with van der Waals surface area (Å²) in [6.07, 6.45) is 5.80. The van der Waals surface area contributed by atoms with Gasteiger partial charge in [0.1, 0.15) is 5.75 Å². The molecule has 0 spiro atoms. The van der Waals surface area contributed by atoms with E-state index in [1.54, 1.807) is 0 Å². The molecule has 0 aromatic heterocycles. The topological polar surface area (TPSA) is 64.4 Å². The number of ether oxygens (including phenoxy) is 1. The smallest absolute Gasteiger partial charge is 0.221 e. The Balaban J connectivity index is 1.57. The van der Waals surface area contributed by atoms with E-state index in [1.807, 2.05) is 24.3 Å². The maximum absolute atomic E-state index is 12.8. The first-order valence-corrected chi connectivity index (χ1v) is 10.1. The molecule has 1 aliphatic heterocycles. The molecule has 27 heavy (non-hydrogen) atoms. The van der Waals surface area contributed by atoms with Gasteiger partial charge in [-0.05, 0) is 60.4 Å². The summed E-state index contributed by atoms with van der Waals surface area (Å²) >= 11 is 0. The van der Waals surface area contributed by atoms with E-state index in [1.165, 1.54) is 5.56 Å². The number of carbonyl (C=O) groups excluding carboxylic acids is 1. The average molecular weight is 364 g/mol. The van der Waals surface area contributed by atoms with Crippen LogP contribution in [-0.2, 0) is 11.2 Å². The molecule has 2 aromatic rings. The van der Waals surface area contributed by atoms with Crippen LogP contribution in [0.5, 0.6) is 5.75 Å². The van der Waals surface area contributed by atoms with E-state index in [-0.39, 0.29) is 18.0 Å². The zero-order valence-electron chi connectivity index (χ0n) is 15.7. The van der Waals surface area contributed by atoms with Crippen molar-refractivity contribution in [2.75, 3.05) is 6.61 Å². The summed E-state index contributed by atoms with van der Waals surface area (Å²) in [5, 5.41) is 3.27. The van der Waals surface area contributed by atoms with Crippen molar-refractivity contribution >= 4 is 5.91 Å². The van der Waals surface area contributed by atoms with Gasteiger partial charge < -0.3 is 15.8 Å². The molecule has 0 bridgehead atoms. The Bertz CT molecular complexity index is 790. The molecule has 1 saturated carbocycles. The highest BCUT2D eigenvalue weighted by molar-refractivity contribution is 5.77. The highest BCUT2D eigenvalue weighted by atomic mass is 16.5. The van der Waals surface area contributed by atoms with Crippen LogP contribution in [0.1, 0.15) is 54.8 Å². The molecule has 2 aliphatic rings. The fraction of sp³-hybridized carbons (Fsp3) is 0.435. The fourth-order valence-electron chi connectivity index (χ4n) is 4.34. The maximum Gasteiger partial charge on any atom is 0.221 e. The first-order valence-electron chi connectivity index (χ1n) is 10.1. The number of hydrogen-bond donors (Lipinski definition) is 2. The van der Waals surface area contributed by atoms with Gasteiger partial charge in [0.05, 0.1) is 12.6 Å². The number of nitrogens with one attached hydrogen (secondary N) is 1. The Morgan fingerprint density at radius 1 is 1.11 bits per heavy atom. The normalized spacial score (nSPS) is 22.6. The number of rotatable bonds is 5. The average Bonchev–Trinajstić information content (AvgIpc) is 3.11. The number of fused-ring (bicyclic) bond motifs is 1. The monoisotopic (exact) mass is 364 g/mol. The molecule has 4 nitrogen and oxygen atoms in total. The summed E-state index contributed by atoms with van der Waals surface area (Å²) in [4.78, 5) is 12.8. The zero-order valence-corrected chi connectivity index (χ0v) is 15.7. The van der Waals surface area contributed by atoms with Gasteiger partial charge in [-0.15, -0.1) is 0 Å². The summed E-state index contributed by atoms with van der Waals surface area (Å²) in [5.74, 6) is 1.36. The molecule has 1 unspecified atom stereocenters. The third-order valence-electron chi connectivity index (χ3n) is 5.87. The van der Waals surface area contributed by atoms with Gasteiger partial charge in [0.15, 0.2) is 0 Å². The SMILES string of the molecule is N[C@@H]1CCC[C@H]1CC(=O)NC(c1ccccc1)c1ccc2c(c1)CCCO2. The van der Waals surface area contributed by atoms with E-state index in [0.717, 1.165) is 55.6 Å². The van der Waals surface area contributed by atoms with E-state index in [0.29, 0.717) is 12.3 Å². The van der Waals surface area contributed by atoms with Crippen LogP contribution in [-0.4, -0.2) is 18.6 Å². The van der Waals surface area contributed by atoms with Crippen LogP contribution in [0.3, 0.4) is 0 Å². The van der Waals surface area contributed by atoms with Crippen molar-refractivity contribution in [2.24, 2.45) is 11.7 Å². The second kappa shape index (κ2) is 8.13. The molecule has 1 amide bonds. The van der Waals surface area contributed by atoms with Crippen molar-refractivity contribution in [3.05, 3.63) is 65.2 Å². The summed E-state index contributed by atoms with van der Waals surface area (Å²) in [5.41, 5.74) is 9.59. The van der Waals surface area contributed by atoms with E-state index in [4.69, 9.17) is 10.5 Å². The molecule has 0 radical (unpaired) electrons. The Hall–Kier alpha value is -2.33. The van der Waals surface area contributed by atoms with Gasteiger partial charge in [0.2, 0.25) is 5.91 Å². The van der Waals surface area contributed by atoms with Gasteiger partial charge in [-0.2, -0.15) is 0 Å². The van der Waals surface area contributed by atoms with E-state index >= 15 is 0 Å². The first-order chi connectivity index (χ1) is 13.2. The van der Waals surface area contributed by atoms with Gasteiger partial charge in [0, 0.05) is 12.5 Å². The van der Waals surface area contributed by atoms with Crippen molar-refractivity contribution in [3.63, 3.8) is 0 Å². The second-order valence-electron chi connectivity index (χ2n) is 7.79. The molecular formula is C23H28N2O2. The summed E-state index contributed by atoms with van der Waals surface area (Å²) in [6.45, 7) is 0.785. The Morgan fingerprint density at radius 3 is 2.74 bits per heavy atom. The highest BCUT2D eigenvalue weighted by Crippen LogP contribution is 2.31. The molecule has 4 heteroatoms. The molecule has 2 aromatic carbocycles. The van der Waals surface area contributed by atoms with Crippen LogP contribution in [0, 0.1) is 5.92 Å². The molecule has 1 aliphatic carbocycles. The minimum absolute atomic E-state index is 0.0835. The van der Waals surface area contributed by atoms with Crippen LogP contribution < -0.4 is 15.8 Å². The standard InChI is InChI=1S/C23H28N2O2/c24-20-10-4-8-17(20)15-22(26)25-23(16-6-2-1-3-7-16)19-11-12-21-18(14-19)9-5-13-27-21/h1-3,6-7,11-12,14,17,20,23H,4-5,8-10,13,15,24H2,(H,25,26)/t17-,20+,23?/m0/s1. The lowest BCUT2D eigenvalue weighted by molar-refractivity contribution is -0.122. The fourth-order valence-corrected chi connectivity index (χ4v) is 4.34. The lowest BCUT2D eigenvalue weighted by Gasteiger charge is -2.24. The first kappa shape index (κ1) is 18.1. The minimum Gasteiger partial charge on any atom is -0.493 e. The van der Waals surface area contributed by atoms with E-state index < -0.39 is 0 Å². The Morgan fingerprint density at radius 2 is 1.96 bits per heavy atom. The largest absolute Gasteiger partial charge is 0.493 e. The number of carbonyl (C=O) groups is 1. The van der Waals surface area contributed by atoms with Crippen LogP contribution in [0.4, 0.5) is 0 Å². The van der Waals surface area contributed by atoms with Crippen molar-refractivity contribution in [2.45, 2.75) is 50.6 Å². The lowest BCUT2D eigenvalue weighted by Crippen LogP contribution is -2.34. The lowest BCUT2D eigenvalue weighted by atomic mass is 9.94. The third-order valence-corrected chi connectivity index (χ3v) is 5.87. The predicted octanol–water partition coefficient (Wildman–Crippen LogP) is 3.73. The van der Waals surface area contributed by atoms with Gasteiger partial charge in [-0.25, -0.2) is 0 Å². The summed E-state index contributed by atoms with van der Waals surface area (Å²) in [7, 11) is 0. The number of hydrogen-bond acceptors (Lipinski definition) is 3. The minimum atomic E-state index is -0.149. The second-order valence-corrected chi connectivity index (χ2v) is 7.79. The quantitative estimate of drug-likeness (QED) is 0.849. The van der Waals surface area contributed by atoms with Crippen molar-refractivity contribution < 1.29 is 9.53 Å². The number of nitrogens with two attached hydrogens (primary N) is 1.